The van der Waals surface area contributed by atoms with Gasteiger partial charge in [-0.3, -0.25) is 9.59 Å². The molecule has 0 radical (unpaired) electrons. The van der Waals surface area contributed by atoms with Crippen molar-refractivity contribution in [3.63, 3.8) is 0 Å². The zero-order valence-corrected chi connectivity index (χ0v) is 18.1. The Balaban J connectivity index is 1.59. The number of ether oxygens (including phenoxy) is 1. The van der Waals surface area contributed by atoms with Crippen LogP contribution >= 0.6 is 0 Å². The fraction of sp³-hybridized carbons (Fsp3) is 0.231. The smallest absolute Gasteiger partial charge is 0.265 e. The Morgan fingerprint density at radius 1 is 0.806 bits per heavy atom. The normalized spacial score (nSPS) is 12.5. The van der Waals surface area contributed by atoms with Gasteiger partial charge < -0.3 is 15.4 Å². The molecule has 0 saturated carbocycles. The molecule has 3 aromatic carbocycles. The van der Waals surface area contributed by atoms with E-state index in [-0.39, 0.29) is 11.8 Å². The second kappa shape index (κ2) is 10.4. The van der Waals surface area contributed by atoms with Gasteiger partial charge in [0.1, 0.15) is 5.75 Å². The standard InChI is InChI=1S/C26H28N2O3/c1-4-18(2)23-12-8-9-13-24(23)31-19(3)25(29)27-21-14-16-22(17-15-21)28-26(30)20-10-6-5-7-11-20/h5-19H,4H2,1-3H3,(H,27,29)(H,28,30). The summed E-state index contributed by atoms with van der Waals surface area (Å²) in [6.07, 6.45) is 0.344. The van der Waals surface area contributed by atoms with E-state index in [2.05, 4.69) is 24.5 Å². The van der Waals surface area contributed by atoms with Gasteiger partial charge >= 0.3 is 0 Å². The number of para-hydroxylation sites is 1. The van der Waals surface area contributed by atoms with Crippen LogP contribution < -0.4 is 15.4 Å². The van der Waals surface area contributed by atoms with Crippen molar-refractivity contribution in [3.8, 4) is 5.75 Å². The number of carbonyl (C=O) groups excluding carboxylic acids is 2. The molecule has 3 aromatic rings. The Hall–Kier alpha value is -3.60. The zero-order chi connectivity index (χ0) is 22.2. The molecule has 2 unspecified atom stereocenters. The number of anilines is 2. The maximum Gasteiger partial charge on any atom is 0.265 e. The van der Waals surface area contributed by atoms with Gasteiger partial charge in [0.15, 0.2) is 6.10 Å². The summed E-state index contributed by atoms with van der Waals surface area (Å²) in [5.74, 6) is 0.669. The molecule has 5 nitrogen and oxygen atoms in total. The number of nitrogens with one attached hydrogen (secondary N) is 2. The van der Waals surface area contributed by atoms with Crippen LogP contribution in [0.25, 0.3) is 0 Å². The molecule has 0 aliphatic rings. The molecule has 0 spiro atoms. The van der Waals surface area contributed by atoms with Gasteiger partial charge in [0.25, 0.3) is 11.8 Å². The lowest BCUT2D eigenvalue weighted by Crippen LogP contribution is -2.30. The molecule has 2 N–H and O–H groups in total. The molecule has 0 aliphatic heterocycles. The van der Waals surface area contributed by atoms with Crippen LogP contribution in [0, 0.1) is 0 Å². The molecule has 5 heteroatoms. The van der Waals surface area contributed by atoms with Gasteiger partial charge in [-0.2, -0.15) is 0 Å². The maximum absolute atomic E-state index is 12.6. The van der Waals surface area contributed by atoms with Crippen molar-refractivity contribution in [2.75, 3.05) is 10.6 Å². The molecule has 0 aliphatic carbocycles. The SMILES string of the molecule is CCC(C)c1ccccc1OC(C)C(=O)Nc1ccc(NC(=O)c2ccccc2)cc1. The first-order chi connectivity index (χ1) is 15.0. The highest BCUT2D eigenvalue weighted by atomic mass is 16.5. The minimum atomic E-state index is -0.650. The lowest BCUT2D eigenvalue weighted by Gasteiger charge is -2.19. The van der Waals surface area contributed by atoms with Gasteiger partial charge in [0.2, 0.25) is 0 Å². The van der Waals surface area contributed by atoms with E-state index in [1.54, 1.807) is 43.3 Å². The van der Waals surface area contributed by atoms with Gasteiger partial charge in [0.05, 0.1) is 0 Å². The predicted molar refractivity (Wildman–Crippen MR) is 125 cm³/mol. The Bertz CT molecular complexity index is 1020. The fourth-order valence-corrected chi connectivity index (χ4v) is 3.13. The summed E-state index contributed by atoms with van der Waals surface area (Å²) in [6, 6.07) is 23.8. The van der Waals surface area contributed by atoms with Gasteiger partial charge in [-0.15, -0.1) is 0 Å². The quantitative estimate of drug-likeness (QED) is 0.483. The van der Waals surface area contributed by atoms with Crippen molar-refractivity contribution in [2.24, 2.45) is 0 Å². The number of carbonyl (C=O) groups is 2. The van der Waals surface area contributed by atoms with Crippen LogP contribution in [-0.4, -0.2) is 17.9 Å². The van der Waals surface area contributed by atoms with E-state index in [0.717, 1.165) is 17.7 Å². The summed E-state index contributed by atoms with van der Waals surface area (Å²) in [5, 5.41) is 5.70. The van der Waals surface area contributed by atoms with Gasteiger partial charge in [-0.05, 0) is 67.3 Å². The lowest BCUT2D eigenvalue weighted by molar-refractivity contribution is -0.122. The second-order valence-electron chi connectivity index (χ2n) is 7.49. The summed E-state index contributed by atoms with van der Waals surface area (Å²) in [6.45, 7) is 6.01. The molecular weight excluding hydrogens is 388 g/mol. The molecule has 0 aromatic heterocycles. The summed E-state index contributed by atoms with van der Waals surface area (Å²) in [4.78, 5) is 24.8. The monoisotopic (exact) mass is 416 g/mol. The predicted octanol–water partition coefficient (Wildman–Crippen LogP) is 5.86. The van der Waals surface area contributed by atoms with Crippen molar-refractivity contribution in [2.45, 2.75) is 39.2 Å². The summed E-state index contributed by atoms with van der Waals surface area (Å²) >= 11 is 0. The van der Waals surface area contributed by atoms with Crippen LogP contribution in [0.15, 0.2) is 78.9 Å². The Morgan fingerprint density at radius 3 is 2.03 bits per heavy atom. The van der Waals surface area contributed by atoms with Crippen molar-refractivity contribution in [1.82, 2.24) is 0 Å². The highest BCUT2D eigenvalue weighted by molar-refractivity contribution is 6.04. The number of amides is 2. The molecule has 0 heterocycles. The highest BCUT2D eigenvalue weighted by Gasteiger charge is 2.18. The summed E-state index contributed by atoms with van der Waals surface area (Å²) in [5.41, 5.74) is 2.97. The molecule has 160 valence electrons. The minimum Gasteiger partial charge on any atom is -0.481 e. The summed E-state index contributed by atoms with van der Waals surface area (Å²) in [7, 11) is 0. The number of hydrogen-bond acceptors (Lipinski definition) is 3. The van der Waals surface area contributed by atoms with E-state index in [4.69, 9.17) is 4.74 Å². The molecule has 2 atom stereocenters. The minimum absolute atomic E-state index is 0.181. The zero-order valence-electron chi connectivity index (χ0n) is 18.1. The van der Waals surface area contributed by atoms with Crippen LogP contribution in [-0.2, 0) is 4.79 Å². The average Bonchev–Trinajstić information content (AvgIpc) is 2.80. The molecule has 3 rings (SSSR count). The lowest BCUT2D eigenvalue weighted by atomic mass is 9.98. The van der Waals surface area contributed by atoms with Crippen molar-refractivity contribution >= 4 is 23.2 Å². The first-order valence-electron chi connectivity index (χ1n) is 10.5. The summed E-state index contributed by atoms with van der Waals surface area (Å²) < 4.78 is 5.96. The molecule has 31 heavy (non-hydrogen) atoms. The Labute approximate surface area is 183 Å². The Kier molecular flexibility index (Phi) is 7.44. The van der Waals surface area contributed by atoms with Gasteiger partial charge in [-0.1, -0.05) is 50.2 Å². The highest BCUT2D eigenvalue weighted by Crippen LogP contribution is 2.29. The maximum atomic E-state index is 12.6. The van der Waals surface area contributed by atoms with E-state index in [9.17, 15) is 9.59 Å². The second-order valence-corrected chi connectivity index (χ2v) is 7.49. The van der Waals surface area contributed by atoms with E-state index in [1.165, 1.54) is 0 Å². The van der Waals surface area contributed by atoms with Crippen molar-refractivity contribution < 1.29 is 14.3 Å². The van der Waals surface area contributed by atoms with Crippen LogP contribution in [0.2, 0.25) is 0 Å². The Morgan fingerprint density at radius 2 is 1.39 bits per heavy atom. The third-order valence-electron chi connectivity index (χ3n) is 5.18. The number of rotatable bonds is 8. The molecular formula is C26H28N2O3. The van der Waals surface area contributed by atoms with E-state index in [0.29, 0.717) is 22.9 Å². The molecule has 0 fully saturated rings. The largest absolute Gasteiger partial charge is 0.481 e. The van der Waals surface area contributed by atoms with Crippen LogP contribution in [0.3, 0.4) is 0 Å². The van der Waals surface area contributed by atoms with Gasteiger partial charge in [0, 0.05) is 16.9 Å². The van der Waals surface area contributed by atoms with E-state index in [1.807, 2.05) is 42.5 Å². The van der Waals surface area contributed by atoms with Crippen molar-refractivity contribution in [1.29, 1.82) is 0 Å². The molecule has 0 saturated heterocycles. The van der Waals surface area contributed by atoms with Crippen molar-refractivity contribution in [3.05, 3.63) is 90.0 Å². The first-order valence-corrected chi connectivity index (χ1v) is 10.5. The number of benzene rings is 3. The third-order valence-corrected chi connectivity index (χ3v) is 5.18. The van der Waals surface area contributed by atoms with E-state index < -0.39 is 6.10 Å². The fourth-order valence-electron chi connectivity index (χ4n) is 3.13. The topological polar surface area (TPSA) is 67.4 Å². The van der Waals surface area contributed by atoms with Crippen LogP contribution in [0.1, 0.15) is 49.0 Å². The van der Waals surface area contributed by atoms with Gasteiger partial charge in [-0.25, -0.2) is 0 Å². The van der Waals surface area contributed by atoms with Crippen LogP contribution in [0.5, 0.6) is 5.75 Å². The van der Waals surface area contributed by atoms with E-state index >= 15 is 0 Å². The molecule has 2 amide bonds. The molecule has 0 bridgehead atoms. The third kappa shape index (κ3) is 5.95. The van der Waals surface area contributed by atoms with Crippen LogP contribution in [0.4, 0.5) is 11.4 Å². The average molecular weight is 417 g/mol. The first kappa shape index (κ1) is 22.1. The number of hydrogen-bond donors (Lipinski definition) is 2.